The van der Waals surface area contributed by atoms with Crippen LogP contribution in [0.5, 0.6) is 0 Å². The molecule has 0 rings (SSSR count). The fraction of sp³-hybridized carbons (Fsp3) is 0.900. The monoisotopic (exact) mass is 204 g/mol. The first kappa shape index (κ1) is 13.4. The lowest BCUT2D eigenvalue weighted by Gasteiger charge is -2.31. The Balaban J connectivity index is 4.27. The fourth-order valence-corrected chi connectivity index (χ4v) is 0.816. The average Bonchev–Trinajstić information content (AvgIpc) is 1.98. The van der Waals surface area contributed by atoms with Crippen LogP contribution in [0.3, 0.4) is 0 Å². The van der Waals surface area contributed by atoms with E-state index >= 15 is 0 Å². The molecule has 1 unspecified atom stereocenters. The number of aliphatic hydroxyl groups is 1. The molecule has 0 fully saturated rings. The van der Waals surface area contributed by atoms with Crippen molar-refractivity contribution in [3.63, 3.8) is 0 Å². The zero-order valence-corrected chi connectivity index (χ0v) is 9.50. The Bertz CT molecular complexity index is 203. The predicted octanol–water partition coefficient (Wildman–Crippen LogP) is 1.27. The third kappa shape index (κ3) is 4.58. The molecule has 0 saturated heterocycles. The molecule has 0 aromatic heterocycles. The van der Waals surface area contributed by atoms with Crippen molar-refractivity contribution in [3.8, 4) is 0 Å². The first-order valence-electron chi connectivity index (χ1n) is 4.61. The van der Waals surface area contributed by atoms with E-state index in [0.29, 0.717) is 0 Å². The smallest absolute Gasteiger partial charge is 0.333 e. The molecule has 4 heteroatoms. The lowest BCUT2D eigenvalue weighted by molar-refractivity contribution is -0.159. The van der Waals surface area contributed by atoms with Crippen LogP contribution in [0.1, 0.15) is 34.6 Å². The van der Waals surface area contributed by atoms with E-state index in [9.17, 15) is 9.90 Å². The second kappa shape index (κ2) is 4.28. The van der Waals surface area contributed by atoms with E-state index in [2.05, 4.69) is 0 Å². The third-order valence-electron chi connectivity index (χ3n) is 1.85. The summed E-state index contributed by atoms with van der Waals surface area (Å²) in [4.78, 5) is 10.6. The molecule has 0 aliphatic heterocycles. The number of carboxylic acids is 1. The molecule has 0 aliphatic carbocycles. The summed E-state index contributed by atoms with van der Waals surface area (Å²) in [5.41, 5.74) is -1.10. The normalized spacial score (nSPS) is 15.3. The first-order chi connectivity index (χ1) is 6.06. The van der Waals surface area contributed by atoms with Crippen LogP contribution in [0.15, 0.2) is 0 Å². The van der Waals surface area contributed by atoms with Crippen molar-refractivity contribution in [2.75, 3.05) is 6.61 Å². The van der Waals surface area contributed by atoms with E-state index in [1.807, 2.05) is 20.8 Å². The highest BCUT2D eigenvalue weighted by molar-refractivity contribution is 5.72. The Morgan fingerprint density at radius 2 is 1.71 bits per heavy atom. The van der Waals surface area contributed by atoms with Crippen LogP contribution in [0.25, 0.3) is 0 Å². The maximum Gasteiger partial charge on any atom is 0.333 e. The summed E-state index contributed by atoms with van der Waals surface area (Å²) in [5.74, 6) is -1.22. The zero-order chi connectivity index (χ0) is 11.6. The van der Waals surface area contributed by atoms with Crippen molar-refractivity contribution in [1.82, 2.24) is 0 Å². The molecule has 0 aromatic carbocycles. The van der Waals surface area contributed by atoms with Crippen molar-refractivity contribution in [1.29, 1.82) is 0 Å². The van der Waals surface area contributed by atoms with Gasteiger partial charge in [-0.25, -0.2) is 4.79 Å². The fourth-order valence-electron chi connectivity index (χ4n) is 0.816. The Labute approximate surface area is 84.9 Å². The van der Waals surface area contributed by atoms with Crippen LogP contribution >= 0.6 is 0 Å². The van der Waals surface area contributed by atoms with Crippen LogP contribution in [-0.2, 0) is 9.53 Å². The van der Waals surface area contributed by atoms with Gasteiger partial charge < -0.3 is 14.9 Å². The number of carboxylic acid groups (broad SMARTS) is 1. The maximum atomic E-state index is 10.6. The predicted molar refractivity (Wildman–Crippen MR) is 53.1 cm³/mol. The van der Waals surface area contributed by atoms with Gasteiger partial charge in [0.2, 0.25) is 0 Å². The molecule has 84 valence electrons. The molecular formula is C10H20O4. The highest BCUT2D eigenvalue weighted by Crippen LogP contribution is 2.23. The van der Waals surface area contributed by atoms with Crippen molar-refractivity contribution < 1.29 is 19.7 Å². The number of carbonyl (C=O) groups is 1. The van der Waals surface area contributed by atoms with E-state index in [-0.39, 0.29) is 12.2 Å². The van der Waals surface area contributed by atoms with Crippen LogP contribution in [-0.4, -0.2) is 34.5 Å². The first-order valence-corrected chi connectivity index (χ1v) is 4.61. The second-order valence-corrected chi connectivity index (χ2v) is 5.13. The second-order valence-electron chi connectivity index (χ2n) is 5.13. The molecule has 0 spiro atoms. The molecule has 4 nitrogen and oxygen atoms in total. The minimum atomic E-state index is -1.40. The highest BCUT2D eigenvalue weighted by atomic mass is 16.5. The largest absolute Gasteiger partial charge is 0.479 e. The van der Waals surface area contributed by atoms with Crippen LogP contribution in [0.4, 0.5) is 0 Å². The Hall–Kier alpha value is -0.610. The van der Waals surface area contributed by atoms with Crippen molar-refractivity contribution in [2.24, 2.45) is 5.41 Å². The molecule has 0 radical (unpaired) electrons. The molecular weight excluding hydrogens is 184 g/mol. The Morgan fingerprint density at radius 1 is 1.29 bits per heavy atom. The summed E-state index contributed by atoms with van der Waals surface area (Å²) >= 11 is 0. The Morgan fingerprint density at radius 3 is 2.00 bits per heavy atom. The van der Waals surface area contributed by atoms with Gasteiger partial charge in [0.05, 0.1) is 12.2 Å². The summed E-state index contributed by atoms with van der Waals surface area (Å²) in [5, 5.41) is 18.0. The van der Waals surface area contributed by atoms with E-state index in [1.54, 1.807) is 13.8 Å². The van der Waals surface area contributed by atoms with Gasteiger partial charge in [-0.3, -0.25) is 0 Å². The molecule has 0 amide bonds. The van der Waals surface area contributed by atoms with Gasteiger partial charge in [-0.2, -0.15) is 0 Å². The number of aliphatic carboxylic acids is 1. The van der Waals surface area contributed by atoms with Gasteiger partial charge in [0.25, 0.3) is 0 Å². The molecule has 0 aromatic rings. The number of aliphatic hydroxyl groups excluding tert-OH is 1. The van der Waals surface area contributed by atoms with Gasteiger partial charge in [-0.1, -0.05) is 13.8 Å². The number of hydrogen-bond acceptors (Lipinski definition) is 3. The molecule has 0 heterocycles. The summed E-state index contributed by atoms with van der Waals surface area (Å²) in [6, 6.07) is 0. The molecule has 1 atom stereocenters. The maximum absolute atomic E-state index is 10.6. The number of hydrogen-bond donors (Lipinski definition) is 2. The number of ether oxygens (including phenoxy) is 1. The van der Waals surface area contributed by atoms with E-state index in [0.717, 1.165) is 0 Å². The van der Waals surface area contributed by atoms with Gasteiger partial charge in [0.15, 0.2) is 6.10 Å². The van der Waals surface area contributed by atoms with Gasteiger partial charge in [0, 0.05) is 5.41 Å². The lowest BCUT2D eigenvalue weighted by atomic mass is 9.87. The van der Waals surface area contributed by atoms with Crippen molar-refractivity contribution in [3.05, 3.63) is 0 Å². The molecule has 0 saturated carbocycles. The van der Waals surface area contributed by atoms with E-state index in [1.165, 1.54) is 0 Å². The number of rotatable bonds is 4. The van der Waals surface area contributed by atoms with Gasteiger partial charge in [0.1, 0.15) is 0 Å². The van der Waals surface area contributed by atoms with Gasteiger partial charge in [-0.05, 0) is 20.8 Å². The summed E-state index contributed by atoms with van der Waals surface area (Å²) in [6.07, 6.45) is -1.40. The molecule has 14 heavy (non-hydrogen) atoms. The molecule has 2 N–H and O–H groups in total. The van der Waals surface area contributed by atoms with Gasteiger partial charge >= 0.3 is 5.97 Å². The lowest BCUT2D eigenvalue weighted by Crippen LogP contribution is -2.41. The highest BCUT2D eigenvalue weighted by Gasteiger charge is 2.34. The van der Waals surface area contributed by atoms with Crippen molar-refractivity contribution >= 4 is 5.97 Å². The summed E-state index contributed by atoms with van der Waals surface area (Å²) in [6.45, 7) is 9.20. The molecule has 0 aliphatic rings. The zero-order valence-electron chi connectivity index (χ0n) is 9.50. The Kier molecular flexibility index (Phi) is 4.09. The van der Waals surface area contributed by atoms with Gasteiger partial charge in [-0.15, -0.1) is 0 Å². The van der Waals surface area contributed by atoms with Crippen LogP contribution in [0.2, 0.25) is 0 Å². The third-order valence-corrected chi connectivity index (χ3v) is 1.85. The summed E-state index contributed by atoms with van der Waals surface area (Å²) in [7, 11) is 0. The molecule has 0 bridgehead atoms. The quantitative estimate of drug-likeness (QED) is 0.723. The SMILES string of the molecule is CC(C)(C)OCC(C)(C)C(O)C(=O)O. The standard InChI is InChI=1S/C10H20O4/c1-9(2,3)14-6-10(4,5)7(11)8(12)13/h7,11H,6H2,1-5H3,(H,12,13). The van der Waals surface area contributed by atoms with Crippen LogP contribution in [0, 0.1) is 5.41 Å². The minimum Gasteiger partial charge on any atom is -0.479 e. The van der Waals surface area contributed by atoms with E-state index < -0.39 is 17.5 Å². The van der Waals surface area contributed by atoms with E-state index in [4.69, 9.17) is 9.84 Å². The summed E-state index contributed by atoms with van der Waals surface area (Å²) < 4.78 is 5.44. The van der Waals surface area contributed by atoms with Crippen LogP contribution < -0.4 is 0 Å². The average molecular weight is 204 g/mol. The minimum absolute atomic E-state index is 0.212. The van der Waals surface area contributed by atoms with Crippen molar-refractivity contribution in [2.45, 2.75) is 46.3 Å². The topological polar surface area (TPSA) is 66.8 Å².